The Balaban J connectivity index is 1.53. The summed E-state index contributed by atoms with van der Waals surface area (Å²) < 4.78 is 6.89. The molecule has 0 bridgehead atoms. The lowest BCUT2D eigenvalue weighted by Crippen LogP contribution is -2.47. The number of nitrogens with one attached hydrogen (secondary N) is 1. The lowest BCUT2D eigenvalue weighted by Gasteiger charge is -2.32. The smallest absolute Gasteiger partial charge is 0.407 e. The Bertz CT molecular complexity index is 487. The van der Waals surface area contributed by atoms with Gasteiger partial charge in [0.05, 0.1) is 19.2 Å². The number of hydrogen-bond donors (Lipinski definition) is 1. The molecule has 0 radical (unpaired) electrons. The third kappa shape index (κ3) is 3.69. The highest BCUT2D eigenvalue weighted by molar-refractivity contribution is 5.67. The van der Waals surface area contributed by atoms with Crippen molar-refractivity contribution in [3.05, 3.63) is 5.82 Å². The number of hydrogen-bond acceptors (Lipinski definition) is 6. The standard InChI is InChI=1S/C13H22N6O2/c1-2-21-13(20)14-10-4-3-7-18(8-10)9-12-15-16-17-19(12)11-5-6-11/h10-11H,2-9H2,1H3,(H,14,20)/t10-/m0/s1. The fourth-order valence-corrected chi connectivity index (χ4v) is 2.78. The zero-order chi connectivity index (χ0) is 14.7. The van der Waals surface area contributed by atoms with E-state index in [1.807, 2.05) is 11.6 Å². The fourth-order valence-electron chi connectivity index (χ4n) is 2.78. The molecule has 2 heterocycles. The van der Waals surface area contributed by atoms with Gasteiger partial charge < -0.3 is 10.1 Å². The van der Waals surface area contributed by atoms with Crippen LogP contribution < -0.4 is 5.32 Å². The van der Waals surface area contributed by atoms with E-state index in [4.69, 9.17) is 4.74 Å². The van der Waals surface area contributed by atoms with E-state index in [1.54, 1.807) is 0 Å². The van der Waals surface area contributed by atoms with E-state index in [1.165, 1.54) is 12.8 Å². The van der Waals surface area contributed by atoms with Gasteiger partial charge in [0, 0.05) is 12.6 Å². The van der Waals surface area contributed by atoms with Crippen LogP contribution in [0.15, 0.2) is 0 Å². The highest BCUT2D eigenvalue weighted by atomic mass is 16.5. The number of carbonyl (C=O) groups excluding carboxylic acids is 1. The number of rotatable bonds is 5. The Morgan fingerprint density at radius 3 is 3.05 bits per heavy atom. The highest BCUT2D eigenvalue weighted by Crippen LogP contribution is 2.34. The first kappa shape index (κ1) is 14.2. The maximum absolute atomic E-state index is 11.5. The Kier molecular flexibility index (Phi) is 4.33. The van der Waals surface area contributed by atoms with Crippen molar-refractivity contribution in [2.24, 2.45) is 0 Å². The van der Waals surface area contributed by atoms with Crippen LogP contribution in [-0.2, 0) is 11.3 Å². The van der Waals surface area contributed by atoms with Gasteiger partial charge in [-0.3, -0.25) is 4.90 Å². The molecule has 2 fully saturated rings. The summed E-state index contributed by atoms with van der Waals surface area (Å²) in [7, 11) is 0. The van der Waals surface area contributed by atoms with Crippen molar-refractivity contribution < 1.29 is 9.53 Å². The van der Waals surface area contributed by atoms with E-state index in [2.05, 4.69) is 25.7 Å². The molecule has 1 aliphatic heterocycles. The highest BCUT2D eigenvalue weighted by Gasteiger charge is 2.29. The summed E-state index contributed by atoms with van der Waals surface area (Å²) in [6, 6.07) is 0.635. The molecule has 1 aromatic rings. The number of carbonyl (C=O) groups is 1. The van der Waals surface area contributed by atoms with Gasteiger partial charge in [0.1, 0.15) is 0 Å². The van der Waals surface area contributed by atoms with Crippen LogP contribution in [0.3, 0.4) is 0 Å². The molecule has 0 spiro atoms. The predicted molar refractivity (Wildman–Crippen MR) is 74.5 cm³/mol. The SMILES string of the molecule is CCOC(=O)N[C@H]1CCCN(Cc2nnnn2C2CC2)C1. The second-order valence-electron chi connectivity index (χ2n) is 5.71. The molecular formula is C13H22N6O2. The average Bonchev–Trinajstić information content (AvgIpc) is 3.20. The van der Waals surface area contributed by atoms with E-state index in [-0.39, 0.29) is 12.1 Å². The number of alkyl carbamates (subject to hydrolysis) is 1. The normalized spacial score (nSPS) is 23.0. The molecular weight excluding hydrogens is 272 g/mol. The lowest BCUT2D eigenvalue weighted by molar-refractivity contribution is 0.131. The van der Waals surface area contributed by atoms with E-state index in [9.17, 15) is 4.79 Å². The summed E-state index contributed by atoms with van der Waals surface area (Å²) in [5.74, 6) is 0.925. The first-order valence-electron chi connectivity index (χ1n) is 7.68. The van der Waals surface area contributed by atoms with Gasteiger partial charge in [-0.25, -0.2) is 9.48 Å². The Labute approximate surface area is 123 Å². The van der Waals surface area contributed by atoms with Gasteiger partial charge in [0.15, 0.2) is 5.82 Å². The average molecular weight is 294 g/mol. The minimum absolute atomic E-state index is 0.142. The second kappa shape index (κ2) is 6.38. The van der Waals surface area contributed by atoms with Gasteiger partial charge in [-0.05, 0) is 49.6 Å². The number of amides is 1. The van der Waals surface area contributed by atoms with Crippen molar-refractivity contribution in [2.75, 3.05) is 19.7 Å². The van der Waals surface area contributed by atoms with Gasteiger partial charge in [-0.2, -0.15) is 0 Å². The maximum atomic E-state index is 11.5. The van der Waals surface area contributed by atoms with Crippen LogP contribution >= 0.6 is 0 Å². The Hall–Kier alpha value is -1.70. The molecule has 1 saturated heterocycles. The third-order valence-electron chi connectivity index (χ3n) is 3.92. The van der Waals surface area contributed by atoms with Crippen LogP contribution in [0.4, 0.5) is 4.79 Å². The number of nitrogens with zero attached hydrogens (tertiary/aromatic N) is 5. The topological polar surface area (TPSA) is 85.2 Å². The zero-order valence-corrected chi connectivity index (χ0v) is 12.4. The van der Waals surface area contributed by atoms with Crippen LogP contribution in [0.5, 0.6) is 0 Å². The summed E-state index contributed by atoms with van der Waals surface area (Å²) in [6.45, 7) is 4.78. The minimum atomic E-state index is -0.327. The molecule has 2 aliphatic rings. The summed E-state index contributed by atoms with van der Waals surface area (Å²) in [5.41, 5.74) is 0. The summed E-state index contributed by atoms with van der Waals surface area (Å²) in [6.07, 6.45) is 4.06. The van der Waals surface area contributed by atoms with Gasteiger partial charge in [-0.15, -0.1) is 5.10 Å². The molecule has 1 atom stereocenters. The minimum Gasteiger partial charge on any atom is -0.450 e. The fraction of sp³-hybridized carbons (Fsp3) is 0.846. The molecule has 1 saturated carbocycles. The first-order chi connectivity index (χ1) is 10.3. The third-order valence-corrected chi connectivity index (χ3v) is 3.92. The molecule has 1 aromatic heterocycles. The maximum Gasteiger partial charge on any atom is 0.407 e. The Morgan fingerprint density at radius 1 is 1.43 bits per heavy atom. The lowest BCUT2D eigenvalue weighted by atomic mass is 10.1. The van der Waals surface area contributed by atoms with Crippen LogP contribution in [0.2, 0.25) is 0 Å². The van der Waals surface area contributed by atoms with Crippen molar-refractivity contribution >= 4 is 6.09 Å². The summed E-state index contributed by atoms with van der Waals surface area (Å²) >= 11 is 0. The van der Waals surface area contributed by atoms with Gasteiger partial charge in [0.2, 0.25) is 0 Å². The molecule has 0 aromatic carbocycles. The molecule has 116 valence electrons. The van der Waals surface area contributed by atoms with Crippen molar-refractivity contribution in [2.45, 2.75) is 51.2 Å². The van der Waals surface area contributed by atoms with Gasteiger partial charge >= 0.3 is 6.09 Å². The van der Waals surface area contributed by atoms with Crippen molar-refractivity contribution in [1.29, 1.82) is 0 Å². The van der Waals surface area contributed by atoms with E-state index >= 15 is 0 Å². The molecule has 8 nitrogen and oxygen atoms in total. The first-order valence-corrected chi connectivity index (χ1v) is 7.68. The number of likely N-dealkylation sites (tertiary alicyclic amines) is 1. The quantitative estimate of drug-likeness (QED) is 0.861. The van der Waals surface area contributed by atoms with E-state index < -0.39 is 0 Å². The largest absolute Gasteiger partial charge is 0.450 e. The van der Waals surface area contributed by atoms with Crippen molar-refractivity contribution in [3.8, 4) is 0 Å². The van der Waals surface area contributed by atoms with Crippen LogP contribution in [0, 0.1) is 0 Å². The van der Waals surface area contributed by atoms with Crippen LogP contribution in [-0.4, -0.2) is 56.9 Å². The molecule has 8 heteroatoms. The summed E-state index contributed by atoms with van der Waals surface area (Å²) in [4.78, 5) is 13.8. The number of tetrazole rings is 1. The van der Waals surface area contributed by atoms with Gasteiger partial charge in [-0.1, -0.05) is 0 Å². The van der Waals surface area contributed by atoms with E-state index in [0.29, 0.717) is 12.6 Å². The van der Waals surface area contributed by atoms with Crippen molar-refractivity contribution in [1.82, 2.24) is 30.4 Å². The zero-order valence-electron chi connectivity index (χ0n) is 12.4. The molecule has 1 aliphatic carbocycles. The van der Waals surface area contributed by atoms with Crippen LogP contribution in [0.25, 0.3) is 0 Å². The molecule has 0 unspecified atom stereocenters. The predicted octanol–water partition coefficient (Wildman–Crippen LogP) is 0.718. The number of aromatic nitrogens is 4. The van der Waals surface area contributed by atoms with Gasteiger partial charge in [0.25, 0.3) is 0 Å². The molecule has 21 heavy (non-hydrogen) atoms. The molecule has 1 amide bonds. The second-order valence-corrected chi connectivity index (χ2v) is 5.71. The number of ether oxygens (including phenoxy) is 1. The Morgan fingerprint density at radius 2 is 2.29 bits per heavy atom. The molecule has 3 rings (SSSR count). The number of piperidine rings is 1. The summed E-state index contributed by atoms with van der Waals surface area (Å²) in [5, 5.41) is 14.9. The van der Waals surface area contributed by atoms with Crippen molar-refractivity contribution in [3.63, 3.8) is 0 Å². The monoisotopic (exact) mass is 294 g/mol. The molecule has 1 N–H and O–H groups in total. The van der Waals surface area contributed by atoms with Crippen LogP contribution in [0.1, 0.15) is 44.5 Å². The van der Waals surface area contributed by atoms with E-state index in [0.717, 1.165) is 38.3 Å².